The number of halogens is 3. The fraction of sp³-hybridized carbons (Fsp3) is 0.364. The number of sulfonamides is 1. The molecule has 2 amide bonds. The molecule has 0 saturated heterocycles. The van der Waals surface area contributed by atoms with Crippen LogP contribution in [0.4, 0.5) is 5.69 Å². The van der Waals surface area contributed by atoms with Gasteiger partial charge in [-0.3, -0.25) is 13.9 Å². The van der Waals surface area contributed by atoms with Gasteiger partial charge in [-0.05, 0) is 49.2 Å². The lowest BCUT2D eigenvalue weighted by molar-refractivity contribution is -0.140. The van der Waals surface area contributed by atoms with E-state index in [1.807, 2.05) is 0 Å². The number of nitrogens with one attached hydrogen (secondary N) is 1. The maximum Gasteiger partial charge on any atom is 0.244 e. The lowest BCUT2D eigenvalue weighted by Crippen LogP contribution is -2.52. The zero-order chi connectivity index (χ0) is 24.8. The predicted octanol–water partition coefficient (Wildman–Crippen LogP) is 4.47. The smallest absolute Gasteiger partial charge is 0.244 e. The molecule has 0 aliphatic rings. The van der Waals surface area contributed by atoms with Gasteiger partial charge < -0.3 is 10.2 Å². The van der Waals surface area contributed by atoms with Crippen molar-refractivity contribution >= 4 is 66.7 Å². The third kappa shape index (κ3) is 7.60. The van der Waals surface area contributed by atoms with Crippen LogP contribution in [0.2, 0.25) is 10.0 Å². The van der Waals surface area contributed by atoms with Crippen LogP contribution < -0.4 is 9.62 Å². The number of rotatable bonds is 10. The summed E-state index contributed by atoms with van der Waals surface area (Å²) in [5.74, 6) is -0.865. The standard InChI is InChI=1S/C22H26BrCl2N3O4S/c1-4-20(22(30)26-5-2)27(13-15-9-10-17(24)12-19(15)25)21(29)14-28(33(3,31)32)18-8-6-7-16(23)11-18/h6-12,20H,4-5,13-14H2,1-3H3,(H,26,30)/t20-/m1/s1. The summed E-state index contributed by atoms with van der Waals surface area (Å²) in [6.45, 7) is 3.50. The molecule has 0 fully saturated rings. The van der Waals surface area contributed by atoms with E-state index in [1.54, 1.807) is 56.3 Å². The summed E-state index contributed by atoms with van der Waals surface area (Å²) in [7, 11) is -3.79. The summed E-state index contributed by atoms with van der Waals surface area (Å²) in [5, 5.41) is 3.52. The van der Waals surface area contributed by atoms with E-state index in [-0.39, 0.29) is 12.5 Å². The van der Waals surface area contributed by atoms with Crippen LogP contribution in [-0.4, -0.2) is 50.5 Å². The molecule has 0 aliphatic heterocycles. The van der Waals surface area contributed by atoms with Crippen molar-refractivity contribution in [3.8, 4) is 0 Å². The van der Waals surface area contributed by atoms with Crippen molar-refractivity contribution in [2.45, 2.75) is 32.9 Å². The second-order valence-corrected chi connectivity index (χ2v) is 11.0. The molecular formula is C22H26BrCl2N3O4S. The Balaban J connectivity index is 2.46. The highest BCUT2D eigenvalue weighted by Crippen LogP contribution is 2.25. The first-order valence-corrected chi connectivity index (χ1v) is 13.6. The molecular weight excluding hydrogens is 553 g/mol. The number of benzene rings is 2. The molecule has 1 atom stereocenters. The molecule has 1 N–H and O–H groups in total. The van der Waals surface area contributed by atoms with Crippen LogP contribution in [0, 0.1) is 0 Å². The number of likely N-dealkylation sites (N-methyl/N-ethyl adjacent to an activating group) is 1. The zero-order valence-corrected chi connectivity index (χ0v) is 22.4. The number of carbonyl (C=O) groups excluding carboxylic acids is 2. The van der Waals surface area contributed by atoms with Crippen molar-refractivity contribution in [2.24, 2.45) is 0 Å². The summed E-state index contributed by atoms with van der Waals surface area (Å²) < 4.78 is 26.8. The third-order valence-electron chi connectivity index (χ3n) is 4.87. The van der Waals surface area contributed by atoms with Gasteiger partial charge in [0.2, 0.25) is 21.8 Å². The van der Waals surface area contributed by atoms with Crippen LogP contribution in [0.15, 0.2) is 46.9 Å². The summed E-state index contributed by atoms with van der Waals surface area (Å²) >= 11 is 15.6. The fourth-order valence-electron chi connectivity index (χ4n) is 3.29. The van der Waals surface area contributed by atoms with Gasteiger partial charge in [0, 0.05) is 27.6 Å². The van der Waals surface area contributed by atoms with Gasteiger partial charge in [-0.15, -0.1) is 0 Å². The molecule has 0 unspecified atom stereocenters. The Morgan fingerprint density at radius 3 is 2.36 bits per heavy atom. The van der Waals surface area contributed by atoms with Crippen LogP contribution >= 0.6 is 39.1 Å². The molecule has 33 heavy (non-hydrogen) atoms. The molecule has 7 nitrogen and oxygen atoms in total. The predicted molar refractivity (Wildman–Crippen MR) is 136 cm³/mol. The highest BCUT2D eigenvalue weighted by Gasteiger charge is 2.32. The minimum Gasteiger partial charge on any atom is -0.355 e. The fourth-order valence-corrected chi connectivity index (χ4v) is 4.99. The van der Waals surface area contributed by atoms with Gasteiger partial charge in [-0.1, -0.05) is 58.2 Å². The molecule has 0 spiro atoms. The van der Waals surface area contributed by atoms with Crippen LogP contribution in [0.25, 0.3) is 0 Å². The molecule has 2 aromatic rings. The topological polar surface area (TPSA) is 86.8 Å². The average Bonchev–Trinajstić information content (AvgIpc) is 2.72. The maximum atomic E-state index is 13.5. The summed E-state index contributed by atoms with van der Waals surface area (Å²) in [6.07, 6.45) is 1.36. The van der Waals surface area contributed by atoms with Crippen molar-refractivity contribution in [1.82, 2.24) is 10.2 Å². The van der Waals surface area contributed by atoms with E-state index in [2.05, 4.69) is 21.2 Å². The van der Waals surface area contributed by atoms with E-state index >= 15 is 0 Å². The number of hydrogen-bond acceptors (Lipinski definition) is 4. The Labute approximate surface area is 213 Å². The van der Waals surface area contributed by atoms with E-state index in [9.17, 15) is 18.0 Å². The number of hydrogen-bond donors (Lipinski definition) is 1. The van der Waals surface area contributed by atoms with Gasteiger partial charge in [0.15, 0.2) is 0 Å². The number of anilines is 1. The second-order valence-electron chi connectivity index (χ2n) is 7.33. The van der Waals surface area contributed by atoms with Gasteiger partial charge in [0.1, 0.15) is 12.6 Å². The molecule has 0 heterocycles. The first kappa shape index (κ1) is 27.4. The molecule has 2 rings (SSSR count). The van der Waals surface area contributed by atoms with E-state index in [0.29, 0.717) is 38.7 Å². The Kier molecular flexibility index (Phi) is 10.0. The van der Waals surface area contributed by atoms with Crippen LogP contribution in [-0.2, 0) is 26.2 Å². The van der Waals surface area contributed by atoms with Crippen molar-refractivity contribution in [2.75, 3.05) is 23.7 Å². The Morgan fingerprint density at radius 2 is 1.82 bits per heavy atom. The van der Waals surface area contributed by atoms with E-state index in [1.165, 1.54) is 4.90 Å². The summed E-state index contributed by atoms with van der Waals surface area (Å²) in [6, 6.07) is 10.7. The Morgan fingerprint density at radius 1 is 1.12 bits per heavy atom. The molecule has 2 aromatic carbocycles. The molecule has 0 saturated carbocycles. The molecule has 0 radical (unpaired) electrons. The number of nitrogens with zero attached hydrogens (tertiary/aromatic N) is 2. The highest BCUT2D eigenvalue weighted by molar-refractivity contribution is 9.10. The molecule has 0 aliphatic carbocycles. The minimum atomic E-state index is -3.79. The van der Waals surface area contributed by atoms with Gasteiger partial charge >= 0.3 is 0 Å². The largest absolute Gasteiger partial charge is 0.355 e. The molecule has 0 aromatic heterocycles. The maximum absolute atomic E-state index is 13.5. The first-order chi connectivity index (χ1) is 15.5. The molecule has 180 valence electrons. The van der Waals surface area contributed by atoms with Gasteiger partial charge in [0.05, 0.1) is 11.9 Å². The lowest BCUT2D eigenvalue weighted by Gasteiger charge is -2.33. The number of amides is 2. The Hall–Kier alpha value is -1.81. The monoisotopic (exact) mass is 577 g/mol. The van der Waals surface area contributed by atoms with E-state index in [0.717, 1.165) is 10.6 Å². The van der Waals surface area contributed by atoms with Gasteiger partial charge in [0.25, 0.3) is 0 Å². The van der Waals surface area contributed by atoms with Gasteiger partial charge in [-0.25, -0.2) is 8.42 Å². The van der Waals surface area contributed by atoms with Crippen molar-refractivity contribution in [1.29, 1.82) is 0 Å². The molecule has 11 heteroatoms. The summed E-state index contributed by atoms with van der Waals surface area (Å²) in [4.78, 5) is 27.6. The first-order valence-electron chi connectivity index (χ1n) is 10.2. The van der Waals surface area contributed by atoms with Crippen molar-refractivity contribution in [3.05, 3.63) is 62.5 Å². The summed E-state index contributed by atoms with van der Waals surface area (Å²) in [5.41, 5.74) is 0.918. The van der Waals surface area contributed by atoms with E-state index < -0.39 is 28.5 Å². The van der Waals surface area contributed by atoms with Crippen LogP contribution in [0.5, 0.6) is 0 Å². The van der Waals surface area contributed by atoms with Gasteiger partial charge in [-0.2, -0.15) is 0 Å². The molecule has 0 bridgehead atoms. The zero-order valence-electron chi connectivity index (χ0n) is 18.5. The van der Waals surface area contributed by atoms with Crippen molar-refractivity contribution in [3.63, 3.8) is 0 Å². The second kappa shape index (κ2) is 12.1. The third-order valence-corrected chi connectivity index (χ3v) is 7.09. The van der Waals surface area contributed by atoms with Crippen molar-refractivity contribution < 1.29 is 18.0 Å². The van der Waals surface area contributed by atoms with Crippen LogP contribution in [0.1, 0.15) is 25.8 Å². The quantitative estimate of drug-likeness (QED) is 0.451. The average molecular weight is 579 g/mol. The highest BCUT2D eigenvalue weighted by atomic mass is 79.9. The number of carbonyl (C=O) groups is 2. The Bertz CT molecular complexity index is 1110. The minimum absolute atomic E-state index is 0.0144. The normalized spacial score (nSPS) is 12.2. The lowest BCUT2D eigenvalue weighted by atomic mass is 10.1. The van der Waals surface area contributed by atoms with Crippen LogP contribution in [0.3, 0.4) is 0 Å². The SMILES string of the molecule is CCNC(=O)[C@@H](CC)N(Cc1ccc(Cl)cc1Cl)C(=O)CN(c1cccc(Br)c1)S(C)(=O)=O. The van der Waals surface area contributed by atoms with E-state index in [4.69, 9.17) is 23.2 Å².